The molecule has 1 aliphatic heterocycles. The van der Waals surface area contributed by atoms with Gasteiger partial charge in [-0.15, -0.1) is 0 Å². The largest absolute Gasteiger partial charge is 0.461 e. The first kappa shape index (κ1) is 18.6. The minimum Gasteiger partial charge on any atom is -0.461 e. The Balaban J connectivity index is 1.47. The predicted molar refractivity (Wildman–Crippen MR) is 99.6 cm³/mol. The maximum Gasteiger partial charge on any atom is 0.311 e. The van der Waals surface area contributed by atoms with Gasteiger partial charge in [-0.1, -0.05) is 42.5 Å². The molecule has 2 amide bonds. The van der Waals surface area contributed by atoms with Crippen LogP contribution in [-0.4, -0.2) is 35.8 Å². The van der Waals surface area contributed by atoms with Gasteiger partial charge in [-0.2, -0.15) is 0 Å². The molecule has 1 saturated heterocycles. The zero-order valence-electron chi connectivity index (χ0n) is 15.0. The topological polar surface area (TPSA) is 89.7 Å². The van der Waals surface area contributed by atoms with Gasteiger partial charge in [0.25, 0.3) is 0 Å². The van der Waals surface area contributed by atoms with Crippen molar-refractivity contribution >= 4 is 17.8 Å². The van der Waals surface area contributed by atoms with Crippen LogP contribution in [-0.2, 0) is 27.4 Å². The summed E-state index contributed by atoms with van der Waals surface area (Å²) in [6, 6.07) is 16.5. The zero-order valence-corrected chi connectivity index (χ0v) is 15.0. The average Bonchev–Trinajstić information content (AvgIpc) is 3.06. The molecule has 1 atom stereocenters. The summed E-state index contributed by atoms with van der Waals surface area (Å²) in [6.07, 6.45) is 0.953. The standard InChI is InChI=1S/C21H22N2O4/c22-20(25)17-8-6-16(7-9-17)14-27-21(26)18-12-19(24)23(13-18)11-10-15-4-2-1-3-5-15/h1-9,18H,10-14H2,(H2,22,25)/t18-/m1/s1. The number of esters is 1. The smallest absolute Gasteiger partial charge is 0.311 e. The van der Waals surface area contributed by atoms with Crippen LogP contribution in [0.1, 0.15) is 27.9 Å². The number of rotatable bonds is 7. The van der Waals surface area contributed by atoms with Crippen LogP contribution in [0.25, 0.3) is 0 Å². The highest BCUT2D eigenvalue weighted by molar-refractivity contribution is 5.92. The second-order valence-electron chi connectivity index (χ2n) is 6.65. The Labute approximate surface area is 157 Å². The molecule has 0 saturated carbocycles. The van der Waals surface area contributed by atoms with Crippen LogP contribution in [0.3, 0.4) is 0 Å². The molecule has 0 spiro atoms. The molecule has 1 fully saturated rings. The molecule has 3 rings (SSSR count). The number of nitrogens with two attached hydrogens (primary N) is 1. The van der Waals surface area contributed by atoms with Gasteiger partial charge in [-0.25, -0.2) is 0 Å². The van der Waals surface area contributed by atoms with Gasteiger partial charge >= 0.3 is 5.97 Å². The SMILES string of the molecule is NC(=O)c1ccc(COC(=O)[C@@H]2CC(=O)N(CCc3ccccc3)C2)cc1. The van der Waals surface area contributed by atoms with Crippen LogP contribution in [0, 0.1) is 5.92 Å². The van der Waals surface area contributed by atoms with Crippen molar-refractivity contribution in [2.45, 2.75) is 19.4 Å². The van der Waals surface area contributed by atoms with Gasteiger partial charge in [0.2, 0.25) is 11.8 Å². The van der Waals surface area contributed by atoms with Gasteiger partial charge < -0.3 is 15.4 Å². The highest BCUT2D eigenvalue weighted by atomic mass is 16.5. The Hall–Kier alpha value is -3.15. The summed E-state index contributed by atoms with van der Waals surface area (Å²) < 4.78 is 5.34. The van der Waals surface area contributed by atoms with Gasteiger partial charge in [-0.05, 0) is 29.7 Å². The number of carbonyl (C=O) groups is 3. The number of likely N-dealkylation sites (tertiary alicyclic amines) is 1. The van der Waals surface area contributed by atoms with E-state index in [2.05, 4.69) is 0 Å². The molecule has 0 aliphatic carbocycles. The fraction of sp³-hybridized carbons (Fsp3) is 0.286. The van der Waals surface area contributed by atoms with Gasteiger partial charge in [0.15, 0.2) is 0 Å². The Morgan fingerprint density at radius 3 is 2.41 bits per heavy atom. The first-order valence-corrected chi connectivity index (χ1v) is 8.90. The Kier molecular flexibility index (Phi) is 5.86. The lowest BCUT2D eigenvalue weighted by Gasteiger charge is -2.16. The summed E-state index contributed by atoms with van der Waals surface area (Å²) in [6.45, 7) is 1.10. The second kappa shape index (κ2) is 8.49. The normalized spacial score (nSPS) is 16.4. The number of ether oxygens (including phenoxy) is 1. The number of nitrogens with zero attached hydrogens (tertiary/aromatic N) is 1. The monoisotopic (exact) mass is 366 g/mol. The maximum atomic E-state index is 12.3. The van der Waals surface area contributed by atoms with Crippen molar-refractivity contribution in [1.82, 2.24) is 4.90 Å². The van der Waals surface area contributed by atoms with Crippen LogP contribution in [0.4, 0.5) is 0 Å². The molecular weight excluding hydrogens is 344 g/mol. The van der Waals surface area contributed by atoms with Gasteiger partial charge in [-0.3, -0.25) is 14.4 Å². The summed E-state index contributed by atoms with van der Waals surface area (Å²) in [5, 5.41) is 0. The minimum absolute atomic E-state index is 0.0151. The van der Waals surface area contributed by atoms with E-state index in [4.69, 9.17) is 10.5 Å². The van der Waals surface area contributed by atoms with Crippen molar-refractivity contribution in [1.29, 1.82) is 0 Å². The van der Waals surface area contributed by atoms with Crippen LogP contribution in [0.15, 0.2) is 54.6 Å². The van der Waals surface area contributed by atoms with E-state index in [9.17, 15) is 14.4 Å². The molecule has 2 aromatic carbocycles. The van der Waals surface area contributed by atoms with E-state index < -0.39 is 11.8 Å². The summed E-state index contributed by atoms with van der Waals surface area (Å²) in [7, 11) is 0. The second-order valence-corrected chi connectivity index (χ2v) is 6.65. The molecule has 1 heterocycles. The predicted octanol–water partition coefficient (Wildman–Crippen LogP) is 1.92. The number of hydrogen-bond donors (Lipinski definition) is 1. The quantitative estimate of drug-likeness (QED) is 0.758. The molecular formula is C21H22N2O4. The number of amides is 2. The number of hydrogen-bond acceptors (Lipinski definition) is 4. The van der Waals surface area contributed by atoms with Gasteiger partial charge in [0, 0.05) is 25.1 Å². The van der Waals surface area contributed by atoms with Crippen molar-refractivity contribution in [3.8, 4) is 0 Å². The molecule has 1 aliphatic rings. The van der Waals surface area contributed by atoms with E-state index in [-0.39, 0.29) is 24.9 Å². The van der Waals surface area contributed by atoms with Crippen molar-refractivity contribution in [2.24, 2.45) is 11.7 Å². The first-order chi connectivity index (χ1) is 13.0. The summed E-state index contributed by atoms with van der Waals surface area (Å²) in [5.41, 5.74) is 7.52. The third-order valence-corrected chi connectivity index (χ3v) is 4.68. The van der Waals surface area contributed by atoms with Crippen LogP contribution < -0.4 is 5.73 Å². The molecule has 140 valence electrons. The average molecular weight is 366 g/mol. The van der Waals surface area contributed by atoms with Crippen molar-refractivity contribution in [3.05, 3.63) is 71.3 Å². The van der Waals surface area contributed by atoms with Crippen molar-refractivity contribution in [2.75, 3.05) is 13.1 Å². The lowest BCUT2D eigenvalue weighted by atomic mass is 10.1. The molecule has 0 aromatic heterocycles. The number of primary amides is 1. The summed E-state index contributed by atoms with van der Waals surface area (Å²) in [5.74, 6) is -1.32. The molecule has 0 unspecified atom stereocenters. The maximum absolute atomic E-state index is 12.3. The fourth-order valence-corrected chi connectivity index (χ4v) is 3.09. The first-order valence-electron chi connectivity index (χ1n) is 8.90. The lowest BCUT2D eigenvalue weighted by molar-refractivity contribution is -0.149. The molecule has 0 radical (unpaired) electrons. The Bertz CT molecular complexity index is 818. The third-order valence-electron chi connectivity index (χ3n) is 4.68. The van der Waals surface area contributed by atoms with Crippen LogP contribution in [0.5, 0.6) is 0 Å². The van der Waals surface area contributed by atoms with Crippen LogP contribution >= 0.6 is 0 Å². The third kappa shape index (κ3) is 4.94. The Morgan fingerprint density at radius 1 is 1.04 bits per heavy atom. The van der Waals surface area contributed by atoms with Crippen molar-refractivity contribution < 1.29 is 19.1 Å². The van der Waals surface area contributed by atoms with E-state index >= 15 is 0 Å². The minimum atomic E-state index is -0.501. The molecule has 6 nitrogen and oxygen atoms in total. The van der Waals surface area contributed by atoms with Gasteiger partial charge in [0.1, 0.15) is 6.61 Å². The highest BCUT2D eigenvalue weighted by Crippen LogP contribution is 2.20. The molecule has 2 aromatic rings. The zero-order chi connectivity index (χ0) is 19.2. The summed E-state index contributed by atoms with van der Waals surface area (Å²) >= 11 is 0. The molecule has 2 N–H and O–H groups in total. The number of benzene rings is 2. The van der Waals surface area contributed by atoms with E-state index in [1.807, 2.05) is 30.3 Å². The van der Waals surface area contributed by atoms with E-state index in [0.29, 0.717) is 18.7 Å². The number of carbonyl (C=O) groups excluding carboxylic acids is 3. The van der Waals surface area contributed by atoms with E-state index in [0.717, 1.165) is 17.5 Å². The Morgan fingerprint density at radius 2 is 1.74 bits per heavy atom. The van der Waals surface area contributed by atoms with Crippen molar-refractivity contribution in [3.63, 3.8) is 0 Å². The van der Waals surface area contributed by atoms with E-state index in [1.54, 1.807) is 29.2 Å². The molecule has 0 bridgehead atoms. The molecule has 6 heteroatoms. The van der Waals surface area contributed by atoms with Gasteiger partial charge in [0.05, 0.1) is 5.92 Å². The highest BCUT2D eigenvalue weighted by Gasteiger charge is 2.35. The van der Waals surface area contributed by atoms with Crippen LogP contribution in [0.2, 0.25) is 0 Å². The summed E-state index contributed by atoms with van der Waals surface area (Å²) in [4.78, 5) is 37.2. The lowest BCUT2D eigenvalue weighted by Crippen LogP contribution is -2.28. The molecule has 27 heavy (non-hydrogen) atoms. The van der Waals surface area contributed by atoms with E-state index in [1.165, 1.54) is 0 Å². The fourth-order valence-electron chi connectivity index (χ4n) is 3.09.